The Hall–Kier alpha value is -2.23. The third kappa shape index (κ3) is 4.13. The van der Waals surface area contributed by atoms with Crippen LogP contribution in [0.15, 0.2) is 23.1 Å². The van der Waals surface area contributed by atoms with Crippen LogP contribution in [-0.2, 0) is 17.9 Å². The first-order chi connectivity index (χ1) is 10.5. The molecule has 0 aliphatic carbocycles. The van der Waals surface area contributed by atoms with Crippen LogP contribution >= 0.6 is 15.9 Å². The zero-order valence-corrected chi connectivity index (χ0v) is 13.5. The summed E-state index contributed by atoms with van der Waals surface area (Å²) in [4.78, 5) is 22.0. The molecule has 0 aromatic carbocycles. The molecule has 22 heavy (non-hydrogen) atoms. The van der Waals surface area contributed by atoms with Gasteiger partial charge in [-0.15, -0.1) is 0 Å². The predicted octanol–water partition coefficient (Wildman–Crippen LogP) is 1.27. The number of nitro groups is 1. The molecule has 2 rings (SSSR count). The molecule has 10 heteroatoms. The highest BCUT2D eigenvalue weighted by molar-refractivity contribution is 9.10. The molecule has 0 bridgehead atoms. The van der Waals surface area contributed by atoms with Crippen LogP contribution in [0.25, 0.3) is 0 Å². The van der Waals surface area contributed by atoms with Gasteiger partial charge < -0.3 is 5.32 Å². The molecule has 0 saturated heterocycles. The lowest BCUT2D eigenvalue weighted by atomic mass is 10.4. The molecule has 0 fully saturated rings. The molecular formula is C12H15BrN6O3. The molecule has 0 atom stereocenters. The fourth-order valence-corrected chi connectivity index (χ4v) is 2.22. The number of nitrogens with zero attached hydrogens (tertiary/aromatic N) is 5. The highest BCUT2D eigenvalue weighted by Gasteiger charge is 2.17. The lowest BCUT2D eigenvalue weighted by Gasteiger charge is -2.06. The Kier molecular flexibility index (Phi) is 5.26. The van der Waals surface area contributed by atoms with Crippen LogP contribution in [0.1, 0.15) is 12.1 Å². The van der Waals surface area contributed by atoms with E-state index < -0.39 is 4.92 Å². The Balaban J connectivity index is 1.75. The van der Waals surface area contributed by atoms with Crippen molar-refractivity contribution in [2.45, 2.75) is 26.4 Å². The van der Waals surface area contributed by atoms with Crippen molar-refractivity contribution in [1.82, 2.24) is 24.9 Å². The van der Waals surface area contributed by atoms with Gasteiger partial charge in [-0.2, -0.15) is 10.2 Å². The Bertz CT molecular complexity index is 680. The second-order valence-electron chi connectivity index (χ2n) is 4.66. The Labute approximate surface area is 134 Å². The summed E-state index contributed by atoms with van der Waals surface area (Å²) in [5.41, 5.74) is 0.276. The van der Waals surface area contributed by atoms with Gasteiger partial charge >= 0.3 is 5.69 Å². The Morgan fingerprint density at radius 1 is 1.45 bits per heavy atom. The molecule has 2 aromatic rings. The van der Waals surface area contributed by atoms with Crippen molar-refractivity contribution in [2.24, 2.45) is 0 Å². The maximum absolute atomic E-state index is 11.8. The average Bonchev–Trinajstić information content (AvgIpc) is 3.02. The molecule has 2 heterocycles. The van der Waals surface area contributed by atoms with E-state index in [9.17, 15) is 14.9 Å². The number of halogens is 1. The minimum atomic E-state index is -0.515. The van der Waals surface area contributed by atoms with Crippen molar-refractivity contribution in [3.8, 4) is 0 Å². The number of carbonyl (C=O) groups excluding carboxylic acids is 1. The number of amides is 1. The highest BCUT2D eigenvalue weighted by atomic mass is 79.9. The van der Waals surface area contributed by atoms with Gasteiger partial charge in [0.1, 0.15) is 18.4 Å². The van der Waals surface area contributed by atoms with E-state index in [2.05, 4.69) is 31.4 Å². The van der Waals surface area contributed by atoms with Crippen molar-refractivity contribution in [3.05, 3.63) is 38.9 Å². The highest BCUT2D eigenvalue weighted by Crippen LogP contribution is 2.15. The van der Waals surface area contributed by atoms with E-state index in [1.54, 1.807) is 17.8 Å². The van der Waals surface area contributed by atoms with Gasteiger partial charge in [0.25, 0.3) is 0 Å². The van der Waals surface area contributed by atoms with E-state index in [4.69, 9.17) is 0 Å². The van der Waals surface area contributed by atoms with Gasteiger partial charge in [0.05, 0.1) is 15.6 Å². The Morgan fingerprint density at radius 2 is 2.23 bits per heavy atom. The number of nitrogens with one attached hydrogen (secondary N) is 1. The van der Waals surface area contributed by atoms with Crippen molar-refractivity contribution in [3.63, 3.8) is 0 Å². The summed E-state index contributed by atoms with van der Waals surface area (Å²) in [5, 5.41) is 21.4. The summed E-state index contributed by atoms with van der Waals surface area (Å²) in [6.07, 6.45) is 5.44. The fraction of sp³-hybridized carbons (Fsp3) is 0.417. The SMILES string of the molecule is Cc1c([N+](=O)[O-])cnn1CC(=O)NCCCn1cc(Br)cn1. The van der Waals surface area contributed by atoms with E-state index >= 15 is 0 Å². The first-order valence-corrected chi connectivity index (χ1v) is 7.38. The van der Waals surface area contributed by atoms with E-state index in [0.717, 1.165) is 17.1 Å². The predicted molar refractivity (Wildman–Crippen MR) is 81.2 cm³/mol. The van der Waals surface area contributed by atoms with Gasteiger partial charge in [0.2, 0.25) is 5.91 Å². The minimum absolute atomic E-state index is 0.0347. The van der Waals surface area contributed by atoms with Crippen LogP contribution < -0.4 is 5.32 Å². The molecule has 0 aliphatic heterocycles. The van der Waals surface area contributed by atoms with Gasteiger partial charge in [-0.1, -0.05) is 0 Å². The number of hydrogen-bond acceptors (Lipinski definition) is 5. The first-order valence-electron chi connectivity index (χ1n) is 6.59. The van der Waals surface area contributed by atoms with Crippen molar-refractivity contribution >= 4 is 27.5 Å². The van der Waals surface area contributed by atoms with Gasteiger partial charge in [-0.25, -0.2) is 0 Å². The van der Waals surface area contributed by atoms with Crippen LogP contribution in [0.2, 0.25) is 0 Å². The molecule has 1 N–H and O–H groups in total. The van der Waals surface area contributed by atoms with Crippen molar-refractivity contribution in [2.75, 3.05) is 6.54 Å². The monoisotopic (exact) mass is 370 g/mol. The standard InChI is InChI=1S/C12H15BrN6O3/c1-9-11(19(21)22)6-16-18(9)8-12(20)14-3-2-4-17-7-10(13)5-15-17/h5-7H,2-4,8H2,1H3,(H,14,20). The summed E-state index contributed by atoms with van der Waals surface area (Å²) in [7, 11) is 0. The van der Waals surface area contributed by atoms with Crippen LogP contribution in [0.4, 0.5) is 5.69 Å². The maximum atomic E-state index is 11.8. The smallest absolute Gasteiger partial charge is 0.309 e. The van der Waals surface area contributed by atoms with Crippen molar-refractivity contribution in [1.29, 1.82) is 0 Å². The first kappa shape index (κ1) is 16.1. The molecule has 2 aromatic heterocycles. The number of carbonyl (C=O) groups is 1. The molecular weight excluding hydrogens is 356 g/mol. The molecule has 0 spiro atoms. The molecule has 1 amide bonds. The van der Waals surface area contributed by atoms with Gasteiger partial charge in [-0.05, 0) is 29.3 Å². The van der Waals surface area contributed by atoms with Gasteiger partial charge in [0.15, 0.2) is 0 Å². The quantitative estimate of drug-likeness (QED) is 0.448. The summed E-state index contributed by atoms with van der Waals surface area (Å²) < 4.78 is 4.00. The summed E-state index contributed by atoms with van der Waals surface area (Å²) in [6.45, 7) is 2.72. The fourth-order valence-electron chi connectivity index (χ4n) is 1.90. The van der Waals surface area contributed by atoms with Crippen LogP contribution in [0, 0.1) is 17.0 Å². The van der Waals surface area contributed by atoms with Crippen molar-refractivity contribution < 1.29 is 9.72 Å². The molecule has 0 aliphatic rings. The Morgan fingerprint density at radius 3 is 2.82 bits per heavy atom. The number of rotatable bonds is 7. The third-order valence-electron chi connectivity index (χ3n) is 3.06. The van der Waals surface area contributed by atoms with Crippen LogP contribution in [-0.4, -0.2) is 36.9 Å². The molecule has 0 saturated carbocycles. The van der Waals surface area contributed by atoms with Crippen LogP contribution in [0.5, 0.6) is 0 Å². The minimum Gasteiger partial charge on any atom is -0.354 e. The lowest BCUT2D eigenvalue weighted by Crippen LogP contribution is -2.29. The zero-order valence-electron chi connectivity index (χ0n) is 11.9. The van der Waals surface area contributed by atoms with Gasteiger partial charge in [-0.3, -0.25) is 24.3 Å². The zero-order chi connectivity index (χ0) is 16.1. The second-order valence-corrected chi connectivity index (χ2v) is 5.57. The van der Waals surface area contributed by atoms with Gasteiger partial charge in [0, 0.05) is 19.3 Å². The topological polar surface area (TPSA) is 108 Å². The second kappa shape index (κ2) is 7.16. The normalized spacial score (nSPS) is 10.6. The largest absolute Gasteiger partial charge is 0.354 e. The van der Waals surface area contributed by atoms with E-state index in [1.807, 2.05) is 6.20 Å². The number of aromatic nitrogens is 4. The summed E-state index contributed by atoms with van der Waals surface area (Å²) in [6, 6.07) is 0. The lowest BCUT2D eigenvalue weighted by molar-refractivity contribution is -0.385. The van der Waals surface area contributed by atoms with E-state index in [-0.39, 0.29) is 18.1 Å². The number of hydrogen-bond donors (Lipinski definition) is 1. The van der Waals surface area contributed by atoms with E-state index in [1.165, 1.54) is 4.68 Å². The summed E-state index contributed by atoms with van der Waals surface area (Å²) >= 11 is 3.31. The summed E-state index contributed by atoms with van der Waals surface area (Å²) in [5.74, 6) is -0.234. The molecule has 118 valence electrons. The van der Waals surface area contributed by atoms with Crippen LogP contribution in [0.3, 0.4) is 0 Å². The van der Waals surface area contributed by atoms with E-state index in [0.29, 0.717) is 18.8 Å². The third-order valence-corrected chi connectivity index (χ3v) is 3.46. The molecule has 9 nitrogen and oxygen atoms in total. The maximum Gasteiger partial charge on any atom is 0.309 e. The molecule has 0 radical (unpaired) electrons. The average molecular weight is 371 g/mol. The molecule has 0 unspecified atom stereocenters. The number of aryl methyl sites for hydroxylation is 1.